The molecule has 3 nitrogen and oxygen atoms in total. The fourth-order valence-corrected chi connectivity index (χ4v) is 1.55. The normalized spacial score (nSPS) is 11.4. The third-order valence-electron chi connectivity index (χ3n) is 1.49. The molecule has 0 amide bonds. The fraction of sp³-hybridized carbons (Fsp3) is 0.250. The van der Waals surface area contributed by atoms with Crippen LogP contribution in [0.15, 0.2) is 18.2 Å². The Bertz CT molecular complexity index is 427. The number of rotatable bonds is 4. The van der Waals surface area contributed by atoms with Gasteiger partial charge in [0.1, 0.15) is 6.61 Å². The Labute approximate surface area is 96.2 Å². The van der Waals surface area contributed by atoms with Gasteiger partial charge in [-0.3, -0.25) is 0 Å². The molecule has 15 heavy (non-hydrogen) atoms. The van der Waals surface area contributed by atoms with Gasteiger partial charge in [-0.05, 0) is 12.1 Å². The minimum Gasteiger partial charge on any atom is -0.488 e. The predicted molar refractivity (Wildman–Crippen MR) is 56.5 cm³/mol. The number of ether oxygens (including phenoxy) is 1. The van der Waals surface area contributed by atoms with Crippen molar-refractivity contribution < 1.29 is 17.5 Å². The summed E-state index contributed by atoms with van der Waals surface area (Å²) in [5, 5.41) is 0.0852. The van der Waals surface area contributed by atoms with Gasteiger partial charge in [0.05, 0.1) is 10.8 Å². The minimum absolute atomic E-state index is 0.0852. The van der Waals surface area contributed by atoms with Crippen LogP contribution in [-0.4, -0.2) is 20.8 Å². The van der Waals surface area contributed by atoms with Gasteiger partial charge in [-0.25, -0.2) is 12.8 Å². The molecular formula is C8H7Cl2FO3S. The van der Waals surface area contributed by atoms with Crippen molar-refractivity contribution in [3.63, 3.8) is 0 Å². The summed E-state index contributed by atoms with van der Waals surface area (Å²) < 4.78 is 39.1. The van der Waals surface area contributed by atoms with Crippen LogP contribution in [0.3, 0.4) is 0 Å². The monoisotopic (exact) mass is 272 g/mol. The second-order valence-corrected chi connectivity index (χ2v) is 5.95. The van der Waals surface area contributed by atoms with Gasteiger partial charge in [0.25, 0.3) is 0 Å². The van der Waals surface area contributed by atoms with E-state index in [0.29, 0.717) is 0 Å². The second-order valence-electron chi connectivity index (χ2n) is 2.64. The van der Waals surface area contributed by atoms with Crippen LogP contribution in [-0.2, 0) is 9.05 Å². The molecule has 1 aromatic rings. The van der Waals surface area contributed by atoms with E-state index < -0.39 is 20.6 Å². The number of para-hydroxylation sites is 1. The minimum atomic E-state index is -3.64. The van der Waals surface area contributed by atoms with Crippen LogP contribution in [0.4, 0.5) is 4.39 Å². The smallest absolute Gasteiger partial charge is 0.235 e. The quantitative estimate of drug-likeness (QED) is 0.791. The summed E-state index contributed by atoms with van der Waals surface area (Å²) in [4.78, 5) is 0. The van der Waals surface area contributed by atoms with Gasteiger partial charge >= 0.3 is 0 Å². The van der Waals surface area contributed by atoms with E-state index in [2.05, 4.69) is 0 Å². The Balaban J connectivity index is 2.66. The van der Waals surface area contributed by atoms with Crippen molar-refractivity contribution in [2.45, 2.75) is 0 Å². The fourth-order valence-electron chi connectivity index (χ4n) is 0.864. The van der Waals surface area contributed by atoms with Gasteiger partial charge in [0.2, 0.25) is 9.05 Å². The van der Waals surface area contributed by atoms with Crippen molar-refractivity contribution in [3.8, 4) is 5.75 Å². The maximum absolute atomic E-state index is 13.1. The zero-order chi connectivity index (χ0) is 11.5. The van der Waals surface area contributed by atoms with E-state index in [1.165, 1.54) is 12.1 Å². The highest BCUT2D eigenvalue weighted by Gasteiger charge is 2.10. The summed E-state index contributed by atoms with van der Waals surface area (Å²) in [6.45, 7) is -0.244. The average Bonchev–Trinajstić information content (AvgIpc) is 2.08. The molecule has 0 radical (unpaired) electrons. The lowest BCUT2D eigenvalue weighted by molar-refractivity contribution is 0.323. The first kappa shape index (κ1) is 12.5. The molecule has 7 heteroatoms. The van der Waals surface area contributed by atoms with Crippen LogP contribution < -0.4 is 4.74 Å². The van der Waals surface area contributed by atoms with Gasteiger partial charge in [-0.15, -0.1) is 0 Å². The molecule has 0 heterocycles. The summed E-state index contributed by atoms with van der Waals surface area (Å²) in [5.41, 5.74) is 0. The molecule has 0 aliphatic carbocycles. The van der Waals surface area contributed by atoms with Gasteiger partial charge in [-0.2, -0.15) is 0 Å². The summed E-state index contributed by atoms with van der Waals surface area (Å²) in [6.07, 6.45) is 0. The predicted octanol–water partition coefficient (Wildman–Crippen LogP) is 2.43. The van der Waals surface area contributed by atoms with Gasteiger partial charge in [0, 0.05) is 10.7 Å². The molecule has 84 valence electrons. The summed E-state index contributed by atoms with van der Waals surface area (Å²) in [6, 6.07) is 4.02. The van der Waals surface area contributed by atoms with Crippen LogP contribution in [0.1, 0.15) is 0 Å². The molecule has 0 unspecified atom stereocenters. The number of benzene rings is 1. The summed E-state index contributed by atoms with van der Waals surface area (Å²) >= 11 is 5.63. The molecule has 0 saturated heterocycles. The number of hydrogen-bond acceptors (Lipinski definition) is 3. The van der Waals surface area contributed by atoms with Crippen LogP contribution in [0.2, 0.25) is 5.02 Å². The standard InChI is InChI=1S/C8H7Cl2FO3S/c9-6-2-1-3-7(11)8(6)14-4-5-15(10,12)13/h1-3H,4-5H2. The molecule has 0 atom stereocenters. The first-order valence-corrected chi connectivity index (χ1v) is 6.75. The van der Waals surface area contributed by atoms with E-state index in [-0.39, 0.29) is 17.4 Å². The molecule has 0 fully saturated rings. The molecule has 0 saturated carbocycles. The van der Waals surface area contributed by atoms with Crippen molar-refractivity contribution in [2.24, 2.45) is 0 Å². The number of hydrogen-bond donors (Lipinski definition) is 0. The number of halogens is 3. The molecule has 0 aliphatic rings. The Morgan fingerprint density at radius 3 is 2.60 bits per heavy atom. The third kappa shape index (κ3) is 4.24. The van der Waals surface area contributed by atoms with Crippen LogP contribution >= 0.6 is 22.3 Å². The highest BCUT2D eigenvalue weighted by atomic mass is 35.7. The molecule has 1 rings (SSSR count). The molecule has 0 spiro atoms. The topological polar surface area (TPSA) is 43.4 Å². The molecular weight excluding hydrogens is 266 g/mol. The van der Waals surface area contributed by atoms with E-state index in [1.807, 2.05) is 0 Å². The van der Waals surface area contributed by atoms with Crippen LogP contribution in [0.25, 0.3) is 0 Å². The maximum atomic E-state index is 13.1. The third-order valence-corrected chi connectivity index (χ3v) is 2.91. The van der Waals surface area contributed by atoms with E-state index in [4.69, 9.17) is 27.0 Å². The first-order chi connectivity index (χ1) is 6.90. The highest BCUT2D eigenvalue weighted by Crippen LogP contribution is 2.27. The SMILES string of the molecule is O=S(=O)(Cl)CCOc1c(F)cccc1Cl. The lowest BCUT2D eigenvalue weighted by atomic mass is 10.3. The van der Waals surface area contributed by atoms with Gasteiger partial charge in [0.15, 0.2) is 11.6 Å². The second kappa shape index (κ2) is 5.01. The Hall–Kier alpha value is -0.520. The zero-order valence-corrected chi connectivity index (χ0v) is 9.74. The maximum Gasteiger partial charge on any atom is 0.235 e. The Kier molecular flexibility index (Phi) is 4.19. The van der Waals surface area contributed by atoms with Crippen molar-refractivity contribution >= 4 is 31.3 Å². The summed E-state index contributed by atoms with van der Waals surface area (Å²) in [5.74, 6) is -1.21. The van der Waals surface area contributed by atoms with E-state index in [1.54, 1.807) is 0 Å². The zero-order valence-electron chi connectivity index (χ0n) is 7.41. The van der Waals surface area contributed by atoms with Gasteiger partial charge < -0.3 is 4.74 Å². The lowest BCUT2D eigenvalue weighted by Gasteiger charge is -2.07. The Morgan fingerprint density at radius 2 is 2.07 bits per heavy atom. The molecule has 0 bridgehead atoms. The summed E-state index contributed by atoms with van der Waals surface area (Å²) in [7, 11) is 1.31. The molecule has 0 aliphatic heterocycles. The molecule has 0 N–H and O–H groups in total. The van der Waals surface area contributed by atoms with Crippen molar-refractivity contribution in [2.75, 3.05) is 12.4 Å². The van der Waals surface area contributed by atoms with Crippen molar-refractivity contribution in [1.29, 1.82) is 0 Å². The largest absolute Gasteiger partial charge is 0.488 e. The lowest BCUT2D eigenvalue weighted by Crippen LogP contribution is -2.09. The van der Waals surface area contributed by atoms with Crippen LogP contribution in [0, 0.1) is 5.82 Å². The van der Waals surface area contributed by atoms with E-state index in [0.717, 1.165) is 6.07 Å². The van der Waals surface area contributed by atoms with E-state index in [9.17, 15) is 12.8 Å². The van der Waals surface area contributed by atoms with Crippen molar-refractivity contribution in [1.82, 2.24) is 0 Å². The average molecular weight is 273 g/mol. The van der Waals surface area contributed by atoms with Crippen molar-refractivity contribution in [3.05, 3.63) is 29.0 Å². The van der Waals surface area contributed by atoms with Gasteiger partial charge in [-0.1, -0.05) is 17.7 Å². The van der Waals surface area contributed by atoms with E-state index >= 15 is 0 Å². The molecule has 1 aromatic carbocycles. The van der Waals surface area contributed by atoms with Crippen LogP contribution in [0.5, 0.6) is 5.75 Å². The molecule has 0 aromatic heterocycles. The Morgan fingerprint density at radius 1 is 1.40 bits per heavy atom. The highest BCUT2D eigenvalue weighted by molar-refractivity contribution is 8.13. The first-order valence-electron chi connectivity index (χ1n) is 3.89.